The molecule has 10 rings (SSSR count). The molecule has 0 unspecified atom stereocenters. The van der Waals surface area contributed by atoms with Crippen LogP contribution in [0.4, 0.5) is 11.4 Å². The Kier molecular flexibility index (Phi) is 7.32. The summed E-state index contributed by atoms with van der Waals surface area (Å²) in [7, 11) is 0. The average Bonchev–Trinajstić information content (AvgIpc) is 3.75. The number of allylic oxidation sites excluding steroid dienone is 3. The molecule has 0 saturated heterocycles. The molecule has 0 radical (unpaired) electrons. The average molecular weight is 673 g/mol. The van der Waals surface area contributed by atoms with Crippen LogP contribution in [-0.4, -0.2) is 4.57 Å². The topological polar surface area (TPSA) is 8.17 Å². The summed E-state index contributed by atoms with van der Waals surface area (Å²) in [5, 5.41) is 5.39. The smallest absolute Gasteiger partial charge is 0.0541 e. The molecule has 0 bridgehead atoms. The van der Waals surface area contributed by atoms with Crippen molar-refractivity contribution >= 4 is 66.3 Å². The minimum Gasteiger partial charge on any atom is -0.311 e. The highest BCUT2D eigenvalue weighted by Gasteiger charge is 2.21. The molecule has 2 nitrogen and oxygen atoms in total. The highest BCUT2D eigenvalue weighted by molar-refractivity contribution is 7.17. The van der Waals surface area contributed by atoms with Gasteiger partial charge in [0.15, 0.2) is 0 Å². The predicted molar refractivity (Wildman–Crippen MR) is 218 cm³/mol. The van der Waals surface area contributed by atoms with Gasteiger partial charge in [-0.3, -0.25) is 0 Å². The van der Waals surface area contributed by atoms with Crippen LogP contribution in [0.15, 0.2) is 175 Å². The van der Waals surface area contributed by atoms with Crippen molar-refractivity contribution in [2.24, 2.45) is 0 Å². The van der Waals surface area contributed by atoms with Crippen LogP contribution in [0.1, 0.15) is 25.7 Å². The molecular formula is C48H36N2S. The summed E-state index contributed by atoms with van der Waals surface area (Å²) < 4.78 is 5.24. The molecule has 51 heavy (non-hydrogen) atoms. The maximum atomic E-state index is 2.48. The molecule has 2 aliphatic rings. The second-order valence-electron chi connectivity index (χ2n) is 13.5. The number of para-hydroxylation sites is 2. The second-order valence-corrected chi connectivity index (χ2v) is 14.6. The molecule has 6 aromatic carbocycles. The van der Waals surface area contributed by atoms with E-state index in [2.05, 4.69) is 179 Å². The zero-order valence-electron chi connectivity index (χ0n) is 28.3. The number of hydrogen-bond acceptors (Lipinski definition) is 2. The van der Waals surface area contributed by atoms with Crippen LogP contribution in [0.3, 0.4) is 0 Å². The van der Waals surface area contributed by atoms with Gasteiger partial charge in [-0.2, -0.15) is 0 Å². The Morgan fingerprint density at radius 2 is 1.10 bits per heavy atom. The molecule has 0 N–H and O–H groups in total. The van der Waals surface area contributed by atoms with Gasteiger partial charge in [-0.15, -0.1) is 11.3 Å². The van der Waals surface area contributed by atoms with Crippen molar-refractivity contribution in [3.63, 3.8) is 0 Å². The summed E-state index contributed by atoms with van der Waals surface area (Å²) in [6.45, 7) is 0. The van der Waals surface area contributed by atoms with Crippen molar-refractivity contribution in [1.29, 1.82) is 0 Å². The first-order valence-electron chi connectivity index (χ1n) is 18.0. The second kappa shape index (κ2) is 12.5. The van der Waals surface area contributed by atoms with E-state index in [9.17, 15) is 0 Å². The van der Waals surface area contributed by atoms with Gasteiger partial charge >= 0.3 is 0 Å². The molecule has 0 amide bonds. The predicted octanol–water partition coefficient (Wildman–Crippen LogP) is 11.8. The van der Waals surface area contributed by atoms with E-state index in [0.717, 1.165) is 42.7 Å². The molecule has 0 saturated carbocycles. The Hall–Kier alpha value is -5.90. The van der Waals surface area contributed by atoms with Gasteiger partial charge in [-0.25, -0.2) is 0 Å². The fourth-order valence-electron chi connectivity index (χ4n) is 8.18. The number of thiophene rings is 1. The van der Waals surface area contributed by atoms with Crippen LogP contribution in [0.25, 0.3) is 60.4 Å². The Labute approximate surface area is 301 Å². The summed E-state index contributed by atoms with van der Waals surface area (Å²) in [5.74, 6) is 0. The summed E-state index contributed by atoms with van der Waals surface area (Å²) >= 11 is 1.96. The normalized spacial score (nSPS) is 14.3. The van der Waals surface area contributed by atoms with E-state index in [1.807, 2.05) is 11.3 Å². The van der Waals surface area contributed by atoms with E-state index in [1.54, 1.807) is 0 Å². The van der Waals surface area contributed by atoms with Gasteiger partial charge in [0.1, 0.15) is 0 Å². The van der Waals surface area contributed by atoms with Crippen LogP contribution in [-0.2, 0) is 0 Å². The molecule has 3 heteroatoms. The zero-order chi connectivity index (χ0) is 33.7. The Balaban J connectivity index is 1.10. The van der Waals surface area contributed by atoms with Crippen LogP contribution >= 0.6 is 11.3 Å². The molecule has 244 valence electrons. The lowest BCUT2D eigenvalue weighted by atomic mass is 9.90. The minimum atomic E-state index is 1.02. The van der Waals surface area contributed by atoms with Gasteiger partial charge in [0.2, 0.25) is 0 Å². The summed E-state index contributed by atoms with van der Waals surface area (Å²) in [5.41, 5.74) is 12.6. The molecule has 2 aromatic heterocycles. The number of aromatic nitrogens is 1. The fourth-order valence-corrected chi connectivity index (χ4v) is 9.50. The standard InChI is InChI=1S/C48H36N2S/c1-2-12-33(13-3-1)34-24-26-36(27-25-34)49(37-28-30-38(31-29-37)50-45-21-7-4-16-41(45)42-17-5-8-22-46(42)50)39-15-10-14-35(32-39)40-19-11-20-44-43-18-6-9-23-47(43)51-48(40)44/h1-9,12-13,15-18,20-32H,10-11,14,19H2. The first-order valence-corrected chi connectivity index (χ1v) is 18.8. The van der Waals surface area contributed by atoms with Crippen LogP contribution in [0.2, 0.25) is 0 Å². The lowest BCUT2D eigenvalue weighted by Crippen LogP contribution is -2.26. The SMILES string of the molecule is C1=C(C2=c3sc4ccccc4c3=CCC2)CCC=C1N(c1ccc(-c2ccccc2)cc1)c1ccc(-n2c3ccccc3c3ccccc32)cc1. The number of anilines is 2. The van der Waals surface area contributed by atoms with E-state index in [4.69, 9.17) is 0 Å². The molecule has 0 spiro atoms. The molecule has 2 heterocycles. The number of hydrogen-bond donors (Lipinski definition) is 0. The quantitative estimate of drug-likeness (QED) is 0.171. The van der Waals surface area contributed by atoms with E-state index < -0.39 is 0 Å². The fraction of sp³-hybridized carbons (Fsp3) is 0.0833. The largest absolute Gasteiger partial charge is 0.311 e. The molecule has 8 aromatic rings. The summed E-state index contributed by atoms with van der Waals surface area (Å²) in [6.07, 6.45) is 11.6. The Bertz CT molecular complexity index is 2720. The first-order chi connectivity index (χ1) is 25.3. The van der Waals surface area contributed by atoms with E-state index in [1.165, 1.54) is 69.6 Å². The summed E-state index contributed by atoms with van der Waals surface area (Å²) in [6, 6.07) is 55.2. The molecule has 0 atom stereocenters. The van der Waals surface area contributed by atoms with Gasteiger partial charge in [-0.05, 0) is 119 Å². The van der Waals surface area contributed by atoms with Crippen molar-refractivity contribution < 1.29 is 0 Å². The van der Waals surface area contributed by atoms with Gasteiger partial charge in [0.25, 0.3) is 0 Å². The summed E-state index contributed by atoms with van der Waals surface area (Å²) in [4.78, 5) is 2.45. The van der Waals surface area contributed by atoms with Crippen LogP contribution < -0.4 is 14.7 Å². The zero-order valence-corrected chi connectivity index (χ0v) is 29.1. The lowest BCUT2D eigenvalue weighted by Gasteiger charge is -2.30. The number of benzene rings is 6. The molecule has 0 aliphatic heterocycles. The third-order valence-corrected chi connectivity index (χ3v) is 11.8. The van der Waals surface area contributed by atoms with Crippen LogP contribution in [0, 0.1) is 0 Å². The lowest BCUT2D eigenvalue weighted by molar-refractivity contribution is 0.938. The van der Waals surface area contributed by atoms with Crippen molar-refractivity contribution in [3.8, 4) is 16.8 Å². The van der Waals surface area contributed by atoms with Crippen molar-refractivity contribution in [3.05, 3.63) is 185 Å². The van der Waals surface area contributed by atoms with Gasteiger partial charge in [0.05, 0.1) is 11.0 Å². The minimum absolute atomic E-state index is 1.02. The Morgan fingerprint density at radius 3 is 1.82 bits per heavy atom. The monoisotopic (exact) mass is 672 g/mol. The number of rotatable bonds is 6. The maximum absolute atomic E-state index is 2.48. The first kappa shape index (κ1) is 30.0. The highest BCUT2D eigenvalue weighted by atomic mass is 32.1. The van der Waals surface area contributed by atoms with Crippen molar-refractivity contribution in [1.82, 2.24) is 4.57 Å². The van der Waals surface area contributed by atoms with E-state index in [-0.39, 0.29) is 0 Å². The molecular weight excluding hydrogens is 637 g/mol. The molecule has 2 aliphatic carbocycles. The Morgan fingerprint density at radius 1 is 0.510 bits per heavy atom. The van der Waals surface area contributed by atoms with Crippen molar-refractivity contribution in [2.45, 2.75) is 25.7 Å². The third kappa shape index (κ3) is 5.16. The third-order valence-electron chi connectivity index (χ3n) is 10.6. The van der Waals surface area contributed by atoms with Gasteiger partial charge in [0, 0.05) is 42.8 Å². The number of nitrogens with zero attached hydrogens (tertiary/aromatic N) is 2. The highest BCUT2D eigenvalue weighted by Crippen LogP contribution is 2.38. The van der Waals surface area contributed by atoms with Gasteiger partial charge < -0.3 is 9.47 Å². The number of fused-ring (bicyclic) bond motifs is 6. The van der Waals surface area contributed by atoms with E-state index in [0.29, 0.717) is 0 Å². The molecule has 0 fully saturated rings. The maximum Gasteiger partial charge on any atom is 0.0541 e. The van der Waals surface area contributed by atoms with Gasteiger partial charge in [-0.1, -0.05) is 109 Å². The van der Waals surface area contributed by atoms with Crippen LogP contribution in [0.5, 0.6) is 0 Å². The van der Waals surface area contributed by atoms with E-state index >= 15 is 0 Å². The van der Waals surface area contributed by atoms with Crippen molar-refractivity contribution in [2.75, 3.05) is 4.90 Å².